The van der Waals surface area contributed by atoms with Gasteiger partial charge in [0.05, 0.1) is 6.54 Å². The second-order valence-electron chi connectivity index (χ2n) is 6.90. The smallest absolute Gasteiger partial charge is 0.339 e. The molecular formula is C17H25NO4. The van der Waals surface area contributed by atoms with E-state index in [1.165, 1.54) is 25.3 Å². The standard InChI is InChI=1S/C17H25NO4/c1-11-14(16(20)21)9-13(22-11)10-18-15(19)8-12-6-4-5-7-17(12,2)3/h9,12H,4-8,10H2,1-3H3,(H,18,19)(H,20,21). The van der Waals surface area contributed by atoms with Crippen LogP contribution in [0.15, 0.2) is 10.5 Å². The molecule has 0 aliphatic heterocycles. The maximum atomic E-state index is 12.1. The summed E-state index contributed by atoms with van der Waals surface area (Å²) < 4.78 is 5.36. The lowest BCUT2D eigenvalue weighted by Crippen LogP contribution is -2.33. The Morgan fingerprint density at radius 1 is 1.41 bits per heavy atom. The van der Waals surface area contributed by atoms with Crippen LogP contribution >= 0.6 is 0 Å². The topological polar surface area (TPSA) is 79.5 Å². The van der Waals surface area contributed by atoms with Crippen LogP contribution in [0.4, 0.5) is 0 Å². The second-order valence-corrected chi connectivity index (χ2v) is 6.90. The number of rotatable bonds is 5. The highest BCUT2D eigenvalue weighted by atomic mass is 16.4. The second kappa shape index (κ2) is 6.55. The van der Waals surface area contributed by atoms with Gasteiger partial charge in [0.15, 0.2) is 0 Å². The summed E-state index contributed by atoms with van der Waals surface area (Å²) in [4.78, 5) is 23.1. The van der Waals surface area contributed by atoms with Gasteiger partial charge >= 0.3 is 5.97 Å². The van der Waals surface area contributed by atoms with E-state index in [0.717, 1.165) is 6.42 Å². The highest BCUT2D eigenvalue weighted by Crippen LogP contribution is 2.42. The summed E-state index contributed by atoms with van der Waals surface area (Å²) in [5.74, 6) is 0.249. The third kappa shape index (κ3) is 3.90. The highest BCUT2D eigenvalue weighted by molar-refractivity contribution is 5.88. The van der Waals surface area contributed by atoms with Crippen LogP contribution in [0.1, 0.15) is 67.8 Å². The summed E-state index contributed by atoms with van der Waals surface area (Å²) in [6, 6.07) is 1.47. The molecule has 0 radical (unpaired) electrons. The lowest BCUT2D eigenvalue weighted by atomic mass is 9.67. The van der Waals surface area contributed by atoms with Crippen molar-refractivity contribution < 1.29 is 19.1 Å². The lowest BCUT2D eigenvalue weighted by Gasteiger charge is -2.38. The van der Waals surface area contributed by atoms with Crippen LogP contribution in [0, 0.1) is 18.3 Å². The Hall–Kier alpha value is -1.78. The maximum Gasteiger partial charge on any atom is 0.339 e. The molecule has 1 aromatic rings. The quantitative estimate of drug-likeness (QED) is 0.872. The number of carbonyl (C=O) groups is 2. The van der Waals surface area contributed by atoms with E-state index in [1.807, 2.05) is 0 Å². The van der Waals surface area contributed by atoms with Crippen molar-refractivity contribution in [1.82, 2.24) is 5.32 Å². The van der Waals surface area contributed by atoms with Gasteiger partial charge in [-0.2, -0.15) is 0 Å². The molecule has 1 aliphatic rings. The fraction of sp³-hybridized carbons (Fsp3) is 0.647. The predicted molar refractivity (Wildman–Crippen MR) is 82.6 cm³/mol. The van der Waals surface area contributed by atoms with Crippen molar-refractivity contribution in [3.8, 4) is 0 Å². The van der Waals surface area contributed by atoms with Gasteiger partial charge in [-0.25, -0.2) is 4.79 Å². The van der Waals surface area contributed by atoms with E-state index in [9.17, 15) is 9.59 Å². The molecule has 1 heterocycles. The van der Waals surface area contributed by atoms with Crippen molar-refractivity contribution in [2.75, 3.05) is 0 Å². The minimum atomic E-state index is -1.01. The molecule has 122 valence electrons. The molecule has 1 fully saturated rings. The maximum absolute atomic E-state index is 12.1. The molecule has 1 unspecified atom stereocenters. The van der Waals surface area contributed by atoms with Crippen LogP contribution in [-0.2, 0) is 11.3 Å². The third-order valence-electron chi connectivity index (χ3n) is 4.82. The number of nitrogens with one attached hydrogen (secondary N) is 1. The van der Waals surface area contributed by atoms with E-state index in [-0.39, 0.29) is 23.4 Å². The molecule has 5 heteroatoms. The van der Waals surface area contributed by atoms with Crippen molar-refractivity contribution in [3.63, 3.8) is 0 Å². The highest BCUT2D eigenvalue weighted by Gasteiger charge is 2.33. The van der Waals surface area contributed by atoms with Gasteiger partial charge in [0.1, 0.15) is 17.1 Å². The lowest BCUT2D eigenvalue weighted by molar-refractivity contribution is -0.123. The molecule has 1 aromatic heterocycles. The fourth-order valence-corrected chi connectivity index (χ4v) is 3.27. The third-order valence-corrected chi connectivity index (χ3v) is 4.82. The largest absolute Gasteiger partial charge is 0.478 e. The van der Waals surface area contributed by atoms with Crippen LogP contribution in [0.3, 0.4) is 0 Å². The van der Waals surface area contributed by atoms with Gasteiger partial charge in [-0.3, -0.25) is 4.79 Å². The fourth-order valence-electron chi connectivity index (χ4n) is 3.27. The number of aromatic carboxylic acids is 1. The first-order chi connectivity index (χ1) is 10.3. The molecule has 22 heavy (non-hydrogen) atoms. The Bertz CT molecular complexity index is 559. The SMILES string of the molecule is Cc1oc(CNC(=O)CC2CCCCC2(C)C)cc1C(=O)O. The van der Waals surface area contributed by atoms with Gasteiger partial charge in [0, 0.05) is 6.42 Å². The van der Waals surface area contributed by atoms with Gasteiger partial charge in [0.25, 0.3) is 0 Å². The number of aryl methyl sites for hydroxylation is 1. The molecule has 1 saturated carbocycles. The van der Waals surface area contributed by atoms with Gasteiger partial charge in [-0.1, -0.05) is 26.7 Å². The van der Waals surface area contributed by atoms with E-state index >= 15 is 0 Å². The van der Waals surface area contributed by atoms with Gasteiger partial charge in [-0.05, 0) is 37.2 Å². The van der Waals surface area contributed by atoms with E-state index < -0.39 is 5.97 Å². The molecule has 0 spiro atoms. The van der Waals surface area contributed by atoms with Gasteiger partial charge in [-0.15, -0.1) is 0 Å². The number of hydrogen-bond donors (Lipinski definition) is 2. The number of carbonyl (C=O) groups excluding carboxylic acids is 1. The van der Waals surface area contributed by atoms with Crippen molar-refractivity contribution >= 4 is 11.9 Å². The summed E-state index contributed by atoms with van der Waals surface area (Å²) in [7, 11) is 0. The van der Waals surface area contributed by atoms with E-state index in [2.05, 4.69) is 19.2 Å². The number of carboxylic acid groups (broad SMARTS) is 1. The van der Waals surface area contributed by atoms with Crippen molar-refractivity contribution in [2.45, 2.75) is 59.4 Å². The Kier molecular flexibility index (Phi) is 4.94. The van der Waals surface area contributed by atoms with Gasteiger partial charge in [0.2, 0.25) is 5.91 Å². The number of amides is 1. The minimum Gasteiger partial charge on any atom is -0.478 e. The molecule has 1 aliphatic carbocycles. The molecule has 1 amide bonds. The van der Waals surface area contributed by atoms with Crippen LogP contribution in [0.2, 0.25) is 0 Å². The molecule has 2 N–H and O–H groups in total. The van der Waals surface area contributed by atoms with Crippen molar-refractivity contribution in [3.05, 3.63) is 23.2 Å². The normalized spacial score (nSPS) is 20.6. The zero-order valence-electron chi connectivity index (χ0n) is 13.6. The van der Waals surface area contributed by atoms with E-state index in [4.69, 9.17) is 9.52 Å². The molecule has 0 bridgehead atoms. The molecular weight excluding hydrogens is 282 g/mol. The Labute approximate surface area is 131 Å². The molecule has 0 aromatic carbocycles. The molecule has 1 atom stereocenters. The Morgan fingerprint density at radius 2 is 2.14 bits per heavy atom. The summed E-state index contributed by atoms with van der Waals surface area (Å²) >= 11 is 0. The Morgan fingerprint density at radius 3 is 2.73 bits per heavy atom. The first kappa shape index (κ1) is 16.6. The number of carboxylic acids is 1. The zero-order chi connectivity index (χ0) is 16.3. The monoisotopic (exact) mass is 307 g/mol. The van der Waals surface area contributed by atoms with E-state index in [0.29, 0.717) is 23.9 Å². The number of furan rings is 1. The molecule has 2 rings (SSSR count). The molecule has 5 nitrogen and oxygen atoms in total. The Balaban J connectivity index is 1.87. The average Bonchev–Trinajstić information content (AvgIpc) is 2.80. The van der Waals surface area contributed by atoms with Crippen LogP contribution in [0.25, 0.3) is 0 Å². The predicted octanol–water partition coefficient (Wildman–Crippen LogP) is 3.51. The first-order valence-corrected chi connectivity index (χ1v) is 7.89. The first-order valence-electron chi connectivity index (χ1n) is 7.89. The average molecular weight is 307 g/mol. The molecule has 0 saturated heterocycles. The zero-order valence-corrected chi connectivity index (χ0v) is 13.6. The van der Waals surface area contributed by atoms with Crippen molar-refractivity contribution in [2.24, 2.45) is 11.3 Å². The summed E-state index contributed by atoms with van der Waals surface area (Å²) in [6.07, 6.45) is 5.24. The van der Waals surface area contributed by atoms with Crippen molar-refractivity contribution in [1.29, 1.82) is 0 Å². The number of hydrogen-bond acceptors (Lipinski definition) is 3. The van der Waals surface area contributed by atoms with Crippen LogP contribution < -0.4 is 5.32 Å². The minimum absolute atomic E-state index is 0.00547. The van der Waals surface area contributed by atoms with E-state index in [1.54, 1.807) is 6.92 Å². The summed E-state index contributed by atoms with van der Waals surface area (Å²) in [5, 5.41) is 11.8. The summed E-state index contributed by atoms with van der Waals surface area (Å²) in [6.45, 7) is 6.32. The van der Waals surface area contributed by atoms with Crippen LogP contribution in [-0.4, -0.2) is 17.0 Å². The van der Waals surface area contributed by atoms with Gasteiger partial charge < -0.3 is 14.8 Å². The van der Waals surface area contributed by atoms with Crippen LogP contribution in [0.5, 0.6) is 0 Å². The summed E-state index contributed by atoms with van der Waals surface area (Å²) in [5.41, 5.74) is 0.366.